The van der Waals surface area contributed by atoms with E-state index in [1.807, 2.05) is 32.9 Å². The summed E-state index contributed by atoms with van der Waals surface area (Å²) in [6.07, 6.45) is 3.09. The molecule has 0 aliphatic carbocycles. The Balaban J connectivity index is 0.000000384. The van der Waals surface area contributed by atoms with E-state index in [9.17, 15) is 0 Å². The molecule has 1 atom stereocenters. The predicted molar refractivity (Wildman–Crippen MR) is 90.1 cm³/mol. The first-order valence-corrected chi connectivity index (χ1v) is 8.82. The summed E-state index contributed by atoms with van der Waals surface area (Å²) in [7, 11) is -1.40. The van der Waals surface area contributed by atoms with Crippen molar-refractivity contribution in [1.29, 1.82) is 0 Å². The minimum Gasteiger partial charge on any atom is -0.371 e. The molecule has 3 nitrogen and oxygen atoms in total. The maximum absolute atomic E-state index is 5.18. The first-order chi connectivity index (χ1) is 10.2. The summed E-state index contributed by atoms with van der Waals surface area (Å²) in [4.78, 5) is 0. The van der Waals surface area contributed by atoms with Crippen LogP contribution < -0.4 is 0 Å². The molecule has 0 heterocycles. The molecule has 1 radical (unpaired) electrons. The molecule has 1 rings (SSSR count). The molecule has 1 aromatic rings. The van der Waals surface area contributed by atoms with E-state index in [2.05, 4.69) is 37.8 Å². The molecule has 4 heteroatoms. The first kappa shape index (κ1) is 20.1. The molecular formula is C17H29O3Si. The Bertz CT molecular complexity index is 329. The zero-order valence-corrected chi connectivity index (χ0v) is 14.8. The summed E-state index contributed by atoms with van der Waals surface area (Å²) in [5.41, 5.74) is 1.39. The highest BCUT2D eigenvalue weighted by molar-refractivity contribution is 6.36. The zero-order chi connectivity index (χ0) is 15.9. The highest BCUT2D eigenvalue weighted by Gasteiger charge is 2.15. The molecule has 1 aromatic carbocycles. The van der Waals surface area contributed by atoms with Crippen LogP contribution in [0.1, 0.15) is 33.3 Å². The van der Waals surface area contributed by atoms with E-state index in [1.165, 1.54) is 5.56 Å². The molecule has 0 aliphatic rings. The molecule has 0 fully saturated rings. The highest BCUT2D eigenvalue weighted by atomic mass is 28.3. The Morgan fingerprint density at radius 1 is 1.00 bits per heavy atom. The molecule has 21 heavy (non-hydrogen) atoms. The summed E-state index contributed by atoms with van der Waals surface area (Å²) in [5.74, 6) is 0.581. The molecule has 0 aliphatic heterocycles. The minimum atomic E-state index is -1.40. The Kier molecular flexibility index (Phi) is 13.4. The molecule has 119 valence electrons. The van der Waals surface area contributed by atoms with E-state index < -0.39 is 9.53 Å². The fourth-order valence-electron chi connectivity index (χ4n) is 1.55. The summed E-state index contributed by atoms with van der Waals surface area (Å²) in [6.45, 7) is 13.7. The summed E-state index contributed by atoms with van der Waals surface area (Å²) in [6, 6.07) is 10.5. The van der Waals surface area contributed by atoms with Crippen molar-refractivity contribution in [2.75, 3.05) is 19.8 Å². The Morgan fingerprint density at radius 2 is 1.48 bits per heavy atom. The van der Waals surface area contributed by atoms with Gasteiger partial charge in [-0.15, -0.1) is 6.58 Å². The quantitative estimate of drug-likeness (QED) is 0.507. The highest BCUT2D eigenvalue weighted by Crippen LogP contribution is 2.07. The normalized spacial score (nSPS) is 11.7. The monoisotopic (exact) mass is 309 g/mol. The van der Waals surface area contributed by atoms with Crippen LogP contribution in [0.3, 0.4) is 0 Å². The predicted octanol–water partition coefficient (Wildman–Crippen LogP) is 4.13. The van der Waals surface area contributed by atoms with Gasteiger partial charge in [-0.3, -0.25) is 0 Å². The van der Waals surface area contributed by atoms with Gasteiger partial charge in [-0.1, -0.05) is 43.3 Å². The SMILES string of the molecule is C=CC(C)Cc1ccccc1.CCO[Si](OCC)OCC. The standard InChI is InChI=1S/C11H14.C6H15O3Si/c1-3-10(2)9-11-7-5-4-6-8-11;1-4-7-10(8-5-2)9-6-3/h3-8,10H,1,9H2,2H3;4-6H2,1-3H3. The van der Waals surface area contributed by atoms with Crippen LogP contribution in [0.25, 0.3) is 0 Å². The van der Waals surface area contributed by atoms with Crippen LogP contribution in [-0.4, -0.2) is 29.3 Å². The van der Waals surface area contributed by atoms with E-state index in [1.54, 1.807) is 0 Å². The Morgan fingerprint density at radius 3 is 1.86 bits per heavy atom. The second-order valence-corrected chi connectivity index (χ2v) is 5.82. The molecule has 0 N–H and O–H groups in total. The summed E-state index contributed by atoms with van der Waals surface area (Å²) < 4.78 is 15.5. The van der Waals surface area contributed by atoms with Crippen LogP contribution in [0.4, 0.5) is 0 Å². The van der Waals surface area contributed by atoms with Gasteiger partial charge < -0.3 is 13.3 Å². The van der Waals surface area contributed by atoms with Gasteiger partial charge in [0, 0.05) is 19.8 Å². The number of allylic oxidation sites excluding steroid dienone is 1. The third kappa shape index (κ3) is 11.4. The Labute approximate surface area is 131 Å². The first-order valence-electron chi connectivity index (χ1n) is 7.59. The lowest BCUT2D eigenvalue weighted by Gasteiger charge is -2.10. The van der Waals surface area contributed by atoms with Gasteiger partial charge in [0.05, 0.1) is 0 Å². The lowest BCUT2D eigenvalue weighted by molar-refractivity contribution is 0.107. The maximum atomic E-state index is 5.18. The van der Waals surface area contributed by atoms with Crippen LogP contribution in [-0.2, 0) is 19.7 Å². The molecule has 1 unspecified atom stereocenters. The second kappa shape index (κ2) is 14.0. The van der Waals surface area contributed by atoms with Crippen molar-refractivity contribution in [3.8, 4) is 0 Å². The fraction of sp³-hybridized carbons (Fsp3) is 0.529. The third-order valence-electron chi connectivity index (χ3n) is 2.59. The molecule has 0 amide bonds. The van der Waals surface area contributed by atoms with Gasteiger partial charge in [-0.2, -0.15) is 0 Å². The van der Waals surface area contributed by atoms with Crippen LogP contribution >= 0.6 is 0 Å². The average Bonchev–Trinajstić information content (AvgIpc) is 2.50. The number of benzene rings is 1. The van der Waals surface area contributed by atoms with Gasteiger partial charge in [0.25, 0.3) is 0 Å². The lowest BCUT2D eigenvalue weighted by atomic mass is 10.0. The van der Waals surface area contributed by atoms with Crippen molar-refractivity contribution in [3.63, 3.8) is 0 Å². The largest absolute Gasteiger partial charge is 0.577 e. The molecule has 0 saturated heterocycles. The average molecular weight is 310 g/mol. The van der Waals surface area contributed by atoms with Crippen molar-refractivity contribution in [2.45, 2.75) is 34.1 Å². The third-order valence-corrected chi connectivity index (χ3v) is 4.16. The van der Waals surface area contributed by atoms with E-state index >= 15 is 0 Å². The van der Waals surface area contributed by atoms with Crippen LogP contribution in [0, 0.1) is 5.92 Å². The van der Waals surface area contributed by atoms with Gasteiger partial charge >= 0.3 is 9.53 Å². The Hall–Kier alpha value is -0.943. The fourth-order valence-corrected chi connectivity index (χ4v) is 2.50. The molecule has 0 bridgehead atoms. The smallest absolute Gasteiger partial charge is 0.371 e. The summed E-state index contributed by atoms with van der Waals surface area (Å²) >= 11 is 0. The summed E-state index contributed by atoms with van der Waals surface area (Å²) in [5, 5.41) is 0. The van der Waals surface area contributed by atoms with Gasteiger partial charge in [0.15, 0.2) is 0 Å². The maximum Gasteiger partial charge on any atom is 0.577 e. The molecule has 0 spiro atoms. The number of rotatable bonds is 9. The van der Waals surface area contributed by atoms with Crippen LogP contribution in [0.15, 0.2) is 43.0 Å². The van der Waals surface area contributed by atoms with Gasteiger partial charge in [0.2, 0.25) is 0 Å². The van der Waals surface area contributed by atoms with E-state index in [-0.39, 0.29) is 0 Å². The molecule has 0 aromatic heterocycles. The van der Waals surface area contributed by atoms with Crippen molar-refractivity contribution in [2.24, 2.45) is 5.92 Å². The zero-order valence-electron chi connectivity index (χ0n) is 13.8. The van der Waals surface area contributed by atoms with Crippen molar-refractivity contribution in [1.82, 2.24) is 0 Å². The van der Waals surface area contributed by atoms with Crippen molar-refractivity contribution < 1.29 is 13.3 Å². The number of hydrogen-bond acceptors (Lipinski definition) is 3. The molecule has 0 saturated carbocycles. The van der Waals surface area contributed by atoms with Gasteiger partial charge in [-0.25, -0.2) is 0 Å². The minimum absolute atomic E-state index is 0.581. The van der Waals surface area contributed by atoms with Gasteiger partial charge in [0.1, 0.15) is 0 Å². The lowest BCUT2D eigenvalue weighted by Crippen LogP contribution is -2.27. The van der Waals surface area contributed by atoms with E-state index in [0.717, 1.165) is 6.42 Å². The number of hydrogen-bond donors (Lipinski definition) is 0. The van der Waals surface area contributed by atoms with Gasteiger partial charge in [-0.05, 0) is 38.7 Å². The van der Waals surface area contributed by atoms with Crippen molar-refractivity contribution in [3.05, 3.63) is 48.6 Å². The van der Waals surface area contributed by atoms with Crippen molar-refractivity contribution >= 4 is 9.53 Å². The van der Waals surface area contributed by atoms with E-state index in [0.29, 0.717) is 25.7 Å². The van der Waals surface area contributed by atoms with Crippen LogP contribution in [0.2, 0.25) is 0 Å². The topological polar surface area (TPSA) is 27.7 Å². The van der Waals surface area contributed by atoms with Crippen LogP contribution in [0.5, 0.6) is 0 Å². The molecular weight excluding hydrogens is 280 g/mol. The van der Waals surface area contributed by atoms with E-state index in [4.69, 9.17) is 13.3 Å². The second-order valence-electron chi connectivity index (χ2n) is 4.45.